The van der Waals surface area contributed by atoms with E-state index in [2.05, 4.69) is 19.9 Å². The molecule has 1 rings (SSSR count). The molecule has 1 aliphatic carbocycles. The molecule has 0 aromatic carbocycles. The van der Waals surface area contributed by atoms with Crippen molar-refractivity contribution < 1.29 is 0 Å². The van der Waals surface area contributed by atoms with Crippen LogP contribution in [0.5, 0.6) is 0 Å². The fourth-order valence-corrected chi connectivity index (χ4v) is 1.48. The van der Waals surface area contributed by atoms with Crippen LogP contribution in [0.2, 0.25) is 0 Å². The van der Waals surface area contributed by atoms with Crippen LogP contribution in [0.15, 0.2) is 11.6 Å². The molecule has 0 fully saturated rings. The van der Waals surface area contributed by atoms with Gasteiger partial charge in [-0.15, -0.1) is 0 Å². The van der Waals surface area contributed by atoms with Crippen LogP contribution in [-0.4, -0.2) is 5.71 Å². The van der Waals surface area contributed by atoms with Crippen molar-refractivity contribution in [1.82, 2.24) is 0 Å². The molecule has 0 bridgehead atoms. The molecule has 0 unspecified atom stereocenters. The predicted octanol–water partition coefficient (Wildman–Crippen LogP) is 2.28. The van der Waals surface area contributed by atoms with Gasteiger partial charge in [0.25, 0.3) is 0 Å². The molecule has 0 atom stereocenters. The van der Waals surface area contributed by atoms with Gasteiger partial charge in [-0.05, 0) is 24.3 Å². The van der Waals surface area contributed by atoms with Gasteiger partial charge in [-0.25, -0.2) is 0 Å². The summed E-state index contributed by atoms with van der Waals surface area (Å²) in [5.41, 5.74) is 1.43. The first-order chi connectivity index (χ1) is 5.03. The van der Waals surface area contributed by atoms with E-state index >= 15 is 0 Å². The van der Waals surface area contributed by atoms with Crippen LogP contribution < -0.4 is 0 Å². The lowest BCUT2D eigenvalue weighted by Gasteiger charge is -2.27. The standard InChI is InChI=1S/C9H12N2/c1-9(2)4-7(6-10)3-8(11)5-9/h3,11H,4-5H2,1-2H3. The second kappa shape index (κ2) is 2.50. The zero-order valence-electron chi connectivity index (χ0n) is 6.94. The van der Waals surface area contributed by atoms with E-state index in [1.165, 1.54) is 0 Å². The lowest BCUT2D eigenvalue weighted by Crippen LogP contribution is -2.20. The molecule has 0 saturated heterocycles. The third kappa shape index (κ3) is 1.91. The minimum Gasteiger partial charge on any atom is -0.305 e. The Morgan fingerprint density at radius 2 is 2.18 bits per heavy atom. The highest BCUT2D eigenvalue weighted by molar-refractivity contribution is 5.94. The van der Waals surface area contributed by atoms with E-state index in [-0.39, 0.29) is 5.41 Å². The van der Waals surface area contributed by atoms with E-state index in [0.717, 1.165) is 18.4 Å². The van der Waals surface area contributed by atoms with Crippen molar-refractivity contribution in [3.8, 4) is 6.07 Å². The Hall–Kier alpha value is -1.10. The van der Waals surface area contributed by atoms with E-state index < -0.39 is 0 Å². The Labute approximate surface area is 67.0 Å². The molecule has 11 heavy (non-hydrogen) atoms. The van der Waals surface area contributed by atoms with Crippen molar-refractivity contribution in [2.45, 2.75) is 26.7 Å². The summed E-state index contributed by atoms with van der Waals surface area (Å²) in [6, 6.07) is 2.11. The van der Waals surface area contributed by atoms with Crippen molar-refractivity contribution >= 4 is 5.71 Å². The lowest BCUT2D eigenvalue weighted by atomic mass is 9.77. The molecule has 0 radical (unpaired) electrons. The number of allylic oxidation sites excluding steroid dienone is 2. The summed E-state index contributed by atoms with van der Waals surface area (Å²) in [4.78, 5) is 0. The van der Waals surface area contributed by atoms with Gasteiger partial charge in [-0.2, -0.15) is 5.26 Å². The first-order valence-corrected chi connectivity index (χ1v) is 3.72. The molecule has 58 valence electrons. The van der Waals surface area contributed by atoms with Crippen molar-refractivity contribution in [2.75, 3.05) is 0 Å². The van der Waals surface area contributed by atoms with Gasteiger partial charge < -0.3 is 5.41 Å². The number of nitrogens with zero attached hydrogens (tertiary/aromatic N) is 1. The third-order valence-corrected chi connectivity index (χ3v) is 1.83. The van der Waals surface area contributed by atoms with Gasteiger partial charge in [-0.3, -0.25) is 0 Å². The Morgan fingerprint density at radius 3 is 2.64 bits per heavy atom. The molecule has 1 aliphatic rings. The summed E-state index contributed by atoms with van der Waals surface area (Å²) in [5.74, 6) is 0. The molecule has 2 heteroatoms. The van der Waals surface area contributed by atoms with E-state index in [4.69, 9.17) is 10.7 Å². The maximum Gasteiger partial charge on any atom is 0.0947 e. The average molecular weight is 148 g/mol. The van der Waals surface area contributed by atoms with Crippen LogP contribution in [0, 0.1) is 22.2 Å². The quantitative estimate of drug-likeness (QED) is 0.562. The zero-order chi connectivity index (χ0) is 8.48. The summed E-state index contributed by atoms with van der Waals surface area (Å²) in [7, 11) is 0. The monoisotopic (exact) mass is 148 g/mol. The molecule has 0 aromatic rings. The summed E-state index contributed by atoms with van der Waals surface area (Å²) < 4.78 is 0. The third-order valence-electron chi connectivity index (χ3n) is 1.83. The summed E-state index contributed by atoms with van der Waals surface area (Å²) in [6.07, 6.45) is 3.29. The second-order valence-electron chi connectivity index (χ2n) is 3.82. The molecule has 0 aromatic heterocycles. The predicted molar refractivity (Wildman–Crippen MR) is 44.4 cm³/mol. The van der Waals surface area contributed by atoms with Gasteiger partial charge in [0.2, 0.25) is 0 Å². The van der Waals surface area contributed by atoms with E-state index in [9.17, 15) is 0 Å². The largest absolute Gasteiger partial charge is 0.305 e. The topological polar surface area (TPSA) is 47.6 Å². The smallest absolute Gasteiger partial charge is 0.0947 e. The van der Waals surface area contributed by atoms with E-state index in [1.54, 1.807) is 6.08 Å². The summed E-state index contributed by atoms with van der Waals surface area (Å²) in [6.45, 7) is 4.18. The molecule has 0 amide bonds. The van der Waals surface area contributed by atoms with Gasteiger partial charge in [0, 0.05) is 11.3 Å². The lowest BCUT2D eigenvalue weighted by molar-refractivity contribution is 0.377. The maximum atomic E-state index is 8.63. The molecule has 0 heterocycles. The second-order valence-corrected chi connectivity index (χ2v) is 3.82. The van der Waals surface area contributed by atoms with Crippen molar-refractivity contribution in [3.05, 3.63) is 11.6 Å². The maximum absolute atomic E-state index is 8.63. The van der Waals surface area contributed by atoms with E-state index in [1.807, 2.05) is 0 Å². The van der Waals surface area contributed by atoms with E-state index in [0.29, 0.717) is 5.71 Å². The molecule has 2 nitrogen and oxygen atoms in total. The fourth-order valence-electron chi connectivity index (χ4n) is 1.48. The van der Waals surface area contributed by atoms with Crippen LogP contribution in [-0.2, 0) is 0 Å². The summed E-state index contributed by atoms with van der Waals surface area (Å²) >= 11 is 0. The first kappa shape index (κ1) is 8.00. The Morgan fingerprint density at radius 1 is 1.55 bits per heavy atom. The molecule has 0 aliphatic heterocycles. The average Bonchev–Trinajstić information content (AvgIpc) is 1.83. The van der Waals surface area contributed by atoms with Gasteiger partial charge in [0.05, 0.1) is 6.07 Å². The minimum atomic E-state index is 0.108. The number of rotatable bonds is 0. The fraction of sp³-hybridized carbons (Fsp3) is 0.556. The summed E-state index contributed by atoms with van der Waals surface area (Å²) in [5, 5.41) is 16.1. The zero-order valence-corrected chi connectivity index (χ0v) is 6.94. The SMILES string of the molecule is CC1(C)CC(=N)C=C(C#N)C1. The van der Waals surface area contributed by atoms with Crippen LogP contribution in [0.3, 0.4) is 0 Å². The molecule has 1 N–H and O–H groups in total. The number of hydrogen-bond acceptors (Lipinski definition) is 2. The highest BCUT2D eigenvalue weighted by Gasteiger charge is 2.25. The number of nitriles is 1. The number of nitrogens with one attached hydrogen (secondary N) is 1. The van der Waals surface area contributed by atoms with Crippen LogP contribution in [0.4, 0.5) is 0 Å². The minimum absolute atomic E-state index is 0.108. The Bertz CT molecular complexity index is 253. The molecular formula is C9H12N2. The Kier molecular flexibility index (Phi) is 1.82. The molecular weight excluding hydrogens is 136 g/mol. The van der Waals surface area contributed by atoms with Crippen LogP contribution in [0.25, 0.3) is 0 Å². The van der Waals surface area contributed by atoms with Crippen LogP contribution >= 0.6 is 0 Å². The van der Waals surface area contributed by atoms with Crippen molar-refractivity contribution in [2.24, 2.45) is 5.41 Å². The Balaban J connectivity index is 2.89. The first-order valence-electron chi connectivity index (χ1n) is 3.72. The molecule has 0 saturated carbocycles. The normalized spacial score (nSPS) is 22.3. The van der Waals surface area contributed by atoms with Gasteiger partial charge in [0.15, 0.2) is 0 Å². The highest BCUT2D eigenvalue weighted by atomic mass is 14.4. The van der Waals surface area contributed by atoms with Crippen molar-refractivity contribution in [1.29, 1.82) is 10.7 Å². The van der Waals surface area contributed by atoms with Crippen molar-refractivity contribution in [3.63, 3.8) is 0 Å². The molecule has 0 spiro atoms. The van der Waals surface area contributed by atoms with Gasteiger partial charge in [-0.1, -0.05) is 13.8 Å². The highest BCUT2D eigenvalue weighted by Crippen LogP contribution is 2.33. The van der Waals surface area contributed by atoms with Crippen LogP contribution in [0.1, 0.15) is 26.7 Å². The van der Waals surface area contributed by atoms with Gasteiger partial charge in [0.1, 0.15) is 0 Å². The van der Waals surface area contributed by atoms with Gasteiger partial charge >= 0.3 is 0 Å². The number of hydrogen-bond donors (Lipinski definition) is 1.